The maximum Gasteiger partial charge on any atom is 0.410 e. The van der Waals surface area contributed by atoms with E-state index in [4.69, 9.17) is 14.2 Å². The van der Waals surface area contributed by atoms with Crippen molar-refractivity contribution in [2.24, 2.45) is 17.8 Å². The summed E-state index contributed by atoms with van der Waals surface area (Å²) in [6.07, 6.45) is 18.1. The molecule has 0 aromatic heterocycles. The summed E-state index contributed by atoms with van der Waals surface area (Å²) >= 11 is 0. The Morgan fingerprint density at radius 2 is 1.58 bits per heavy atom. The molecule has 1 N–H and O–H groups in total. The quantitative estimate of drug-likeness (QED) is 0.108. The fraction of sp³-hybridized carbons (Fsp3) is 0.763. The van der Waals surface area contributed by atoms with Crippen molar-refractivity contribution in [2.45, 2.75) is 123 Å². The molecule has 0 aromatic rings. The van der Waals surface area contributed by atoms with Crippen molar-refractivity contribution in [2.75, 3.05) is 45.9 Å². The van der Waals surface area contributed by atoms with Gasteiger partial charge < -0.3 is 29.1 Å². The molecular formula is C38H61N3O7. The molecule has 6 atom stereocenters. The van der Waals surface area contributed by atoms with Gasteiger partial charge in [-0.3, -0.25) is 9.69 Å². The van der Waals surface area contributed by atoms with Crippen molar-refractivity contribution in [3.05, 3.63) is 36.0 Å². The van der Waals surface area contributed by atoms with Crippen molar-refractivity contribution in [1.29, 1.82) is 0 Å². The predicted octanol–water partition coefficient (Wildman–Crippen LogP) is 6.49. The number of hydrogen-bond donors (Lipinski definition) is 1. The number of aliphatic hydroxyl groups excluding tert-OH is 1. The summed E-state index contributed by atoms with van der Waals surface area (Å²) in [6.45, 7) is 12.8. The predicted molar refractivity (Wildman–Crippen MR) is 186 cm³/mol. The van der Waals surface area contributed by atoms with Crippen molar-refractivity contribution in [3.63, 3.8) is 0 Å². The van der Waals surface area contributed by atoms with Crippen LogP contribution in [0.15, 0.2) is 36.0 Å². The zero-order chi connectivity index (χ0) is 34.5. The Bertz CT molecular complexity index is 1120. The number of likely N-dealkylation sites (tertiary alicyclic amines) is 1. The molecule has 1 aliphatic carbocycles. The first-order chi connectivity index (χ1) is 23.1. The summed E-state index contributed by atoms with van der Waals surface area (Å²) < 4.78 is 17.5. The summed E-state index contributed by atoms with van der Waals surface area (Å²) in [6, 6.07) is 0.635. The highest BCUT2D eigenvalue weighted by Gasteiger charge is 2.31. The normalized spacial score (nSPS) is 30.6. The fourth-order valence-corrected chi connectivity index (χ4v) is 7.27. The average molecular weight is 672 g/mol. The minimum Gasteiger partial charge on any atom is -0.457 e. The van der Waals surface area contributed by atoms with Crippen LogP contribution in [0.4, 0.5) is 9.59 Å². The number of esters is 1. The molecule has 0 bridgehead atoms. The zero-order valence-electron chi connectivity index (χ0n) is 29.9. The van der Waals surface area contributed by atoms with Crippen LogP contribution in [0.2, 0.25) is 0 Å². The largest absolute Gasteiger partial charge is 0.457 e. The van der Waals surface area contributed by atoms with E-state index < -0.39 is 24.3 Å². The van der Waals surface area contributed by atoms with Gasteiger partial charge in [-0.05, 0) is 63.0 Å². The number of aliphatic hydroxyl groups is 1. The molecule has 1 saturated carbocycles. The van der Waals surface area contributed by atoms with E-state index in [2.05, 4.69) is 4.90 Å². The van der Waals surface area contributed by atoms with Crippen molar-refractivity contribution in [1.82, 2.24) is 14.7 Å². The summed E-state index contributed by atoms with van der Waals surface area (Å²) in [5, 5.41) is 10.7. The number of nitrogens with zero attached hydrogens (tertiary/aromatic N) is 3. The van der Waals surface area contributed by atoms with Crippen molar-refractivity contribution < 1.29 is 33.7 Å². The van der Waals surface area contributed by atoms with Crippen LogP contribution in [-0.4, -0.2) is 108 Å². The molecule has 3 fully saturated rings. The van der Waals surface area contributed by atoms with Crippen LogP contribution in [0.5, 0.6) is 0 Å². The lowest BCUT2D eigenvalue weighted by molar-refractivity contribution is -0.151. The van der Waals surface area contributed by atoms with Gasteiger partial charge in [0.15, 0.2) is 0 Å². The standard InChI is InChI=1S/C38H61N3O7/c1-28(27-46-37(44)40-20-9-10-21-40)12-11-13-30(3)36-31(4)17-19-34(29(2)16-18-33(42)26-35(43)48-36)47-38(45)41-24-22-39(23-25-41)32-14-7-5-6-8-15-32/h11-13,17,19,28-29,31-34,36,42H,5-10,14-16,18,20-27H2,1-4H3/b12-11+,19-17-,30-13+/t28-,29-,31+,33+,34+,36-/m1/s1. The Kier molecular flexibility index (Phi) is 15.3. The van der Waals surface area contributed by atoms with E-state index in [0.717, 1.165) is 44.6 Å². The molecule has 0 radical (unpaired) electrons. The molecule has 4 aliphatic rings. The first-order valence-electron chi connectivity index (χ1n) is 18.6. The van der Waals surface area contributed by atoms with E-state index in [1.807, 2.05) is 63.0 Å². The lowest BCUT2D eigenvalue weighted by Gasteiger charge is -2.39. The molecule has 0 aromatic carbocycles. The first-order valence-corrected chi connectivity index (χ1v) is 18.6. The number of piperazine rings is 1. The Hall–Kier alpha value is -2.85. The van der Waals surface area contributed by atoms with Gasteiger partial charge >= 0.3 is 18.2 Å². The fourth-order valence-electron chi connectivity index (χ4n) is 7.27. The second-order valence-corrected chi connectivity index (χ2v) is 14.6. The number of hydrogen-bond acceptors (Lipinski definition) is 8. The van der Waals surface area contributed by atoms with E-state index in [1.165, 1.54) is 38.5 Å². The van der Waals surface area contributed by atoms with E-state index in [-0.39, 0.29) is 36.4 Å². The SMILES string of the molecule is C/C(=C\C=C\[C@@H](C)COC(=O)N1CCCC1)[C@H]1OC(=O)C[C@@H](O)CC[C@@H](C)[C@@H](OC(=O)N2CCN(C3CCCCCC3)CC2)/C=C\[C@@H]1C. The highest BCUT2D eigenvalue weighted by Crippen LogP contribution is 2.26. The summed E-state index contributed by atoms with van der Waals surface area (Å²) in [7, 11) is 0. The van der Waals surface area contributed by atoms with Crippen LogP contribution >= 0.6 is 0 Å². The average Bonchev–Trinajstić information content (AvgIpc) is 3.49. The third-order valence-electron chi connectivity index (χ3n) is 10.5. The van der Waals surface area contributed by atoms with Crippen molar-refractivity contribution >= 4 is 18.2 Å². The Morgan fingerprint density at radius 1 is 0.917 bits per heavy atom. The summed E-state index contributed by atoms with van der Waals surface area (Å²) in [4.78, 5) is 44.6. The highest BCUT2D eigenvalue weighted by atomic mass is 16.6. The molecule has 10 heteroatoms. The van der Waals surface area contributed by atoms with Crippen LogP contribution < -0.4 is 0 Å². The maximum atomic E-state index is 13.4. The van der Waals surface area contributed by atoms with Crippen LogP contribution in [0.1, 0.15) is 98.3 Å². The Morgan fingerprint density at radius 3 is 2.27 bits per heavy atom. The second-order valence-electron chi connectivity index (χ2n) is 14.6. The van der Waals surface area contributed by atoms with Gasteiger partial charge in [-0.15, -0.1) is 0 Å². The molecule has 3 heterocycles. The maximum absolute atomic E-state index is 13.4. The van der Waals surface area contributed by atoms with E-state index >= 15 is 0 Å². The summed E-state index contributed by atoms with van der Waals surface area (Å²) in [5.74, 6) is -0.658. The number of ether oxygens (including phenoxy) is 3. The van der Waals surface area contributed by atoms with Gasteiger partial charge in [0, 0.05) is 57.1 Å². The molecular weight excluding hydrogens is 610 g/mol. The molecule has 0 unspecified atom stereocenters. The van der Waals surface area contributed by atoms with Gasteiger partial charge in [0.2, 0.25) is 0 Å². The van der Waals surface area contributed by atoms with Crippen LogP contribution in [0.25, 0.3) is 0 Å². The van der Waals surface area contributed by atoms with Gasteiger partial charge in [-0.2, -0.15) is 0 Å². The minimum absolute atomic E-state index is 0.0173. The number of allylic oxidation sites excluding steroid dienone is 2. The van der Waals surface area contributed by atoms with Gasteiger partial charge in [0.1, 0.15) is 12.2 Å². The number of rotatable bonds is 7. The van der Waals surface area contributed by atoms with Crippen LogP contribution in [-0.2, 0) is 19.0 Å². The van der Waals surface area contributed by atoms with Crippen LogP contribution in [0, 0.1) is 17.8 Å². The van der Waals surface area contributed by atoms with Crippen molar-refractivity contribution in [3.8, 4) is 0 Å². The third kappa shape index (κ3) is 11.9. The van der Waals surface area contributed by atoms with E-state index in [9.17, 15) is 19.5 Å². The monoisotopic (exact) mass is 671 g/mol. The van der Waals surface area contributed by atoms with Gasteiger partial charge in [-0.25, -0.2) is 9.59 Å². The zero-order valence-corrected chi connectivity index (χ0v) is 29.9. The number of carbonyl (C=O) groups excluding carboxylic acids is 3. The first kappa shape index (κ1) is 38.0. The Balaban J connectivity index is 1.36. The molecule has 4 rings (SSSR count). The van der Waals surface area contributed by atoms with Gasteiger partial charge in [0.05, 0.1) is 19.1 Å². The molecule has 0 spiro atoms. The molecule has 3 aliphatic heterocycles. The third-order valence-corrected chi connectivity index (χ3v) is 10.5. The van der Waals surface area contributed by atoms with Crippen LogP contribution in [0.3, 0.4) is 0 Å². The molecule has 10 nitrogen and oxygen atoms in total. The van der Waals surface area contributed by atoms with E-state index in [0.29, 0.717) is 38.6 Å². The van der Waals surface area contributed by atoms with Gasteiger partial charge in [-0.1, -0.05) is 70.8 Å². The molecule has 48 heavy (non-hydrogen) atoms. The second kappa shape index (κ2) is 19.4. The molecule has 2 amide bonds. The minimum atomic E-state index is -0.832. The lowest BCUT2D eigenvalue weighted by Crippen LogP contribution is -2.52. The topological polar surface area (TPSA) is 109 Å². The smallest absolute Gasteiger partial charge is 0.410 e. The highest BCUT2D eigenvalue weighted by molar-refractivity contribution is 5.70. The lowest BCUT2D eigenvalue weighted by atomic mass is 9.92. The number of amides is 2. The van der Waals surface area contributed by atoms with Gasteiger partial charge in [0.25, 0.3) is 0 Å². The molecule has 2 saturated heterocycles. The molecule has 270 valence electrons. The van der Waals surface area contributed by atoms with E-state index in [1.54, 1.807) is 4.90 Å². The summed E-state index contributed by atoms with van der Waals surface area (Å²) in [5.41, 5.74) is 0.845. The number of cyclic esters (lactones) is 1. The number of carbonyl (C=O) groups is 3. The Labute approximate surface area is 288 Å².